The first-order valence-corrected chi connectivity index (χ1v) is 4.73. The molecule has 0 aromatic carbocycles. The van der Waals surface area contributed by atoms with E-state index in [0.29, 0.717) is 6.42 Å². The minimum absolute atomic E-state index is 0.110. The number of carbonyl (C=O) groups is 1. The molecule has 1 N–H and O–H groups in total. The van der Waals surface area contributed by atoms with E-state index >= 15 is 0 Å². The molecule has 1 aliphatic heterocycles. The van der Waals surface area contributed by atoms with E-state index in [2.05, 4.69) is 6.92 Å². The SMILES string of the molecule is CCCCC(O)N1CCCC1=O. The summed E-state index contributed by atoms with van der Waals surface area (Å²) < 4.78 is 0. The lowest BCUT2D eigenvalue weighted by Crippen LogP contribution is -2.35. The van der Waals surface area contributed by atoms with Gasteiger partial charge in [-0.2, -0.15) is 0 Å². The molecule has 0 aromatic rings. The molecule has 1 amide bonds. The molecule has 0 aromatic heterocycles. The van der Waals surface area contributed by atoms with Crippen LogP contribution in [-0.4, -0.2) is 28.7 Å². The first-order chi connectivity index (χ1) is 5.75. The zero-order valence-corrected chi connectivity index (χ0v) is 7.62. The largest absolute Gasteiger partial charge is 0.374 e. The van der Waals surface area contributed by atoms with Gasteiger partial charge in [-0.1, -0.05) is 13.3 Å². The number of unbranched alkanes of at least 4 members (excludes halogenated alkanes) is 1. The summed E-state index contributed by atoms with van der Waals surface area (Å²) in [4.78, 5) is 12.7. The molecule has 0 bridgehead atoms. The fourth-order valence-corrected chi connectivity index (χ4v) is 1.53. The van der Waals surface area contributed by atoms with Gasteiger partial charge in [-0.05, 0) is 19.3 Å². The molecule has 1 fully saturated rings. The van der Waals surface area contributed by atoms with Gasteiger partial charge in [0.1, 0.15) is 6.23 Å². The molecule has 70 valence electrons. The lowest BCUT2D eigenvalue weighted by Gasteiger charge is -2.22. The first-order valence-electron chi connectivity index (χ1n) is 4.73. The summed E-state index contributed by atoms with van der Waals surface area (Å²) >= 11 is 0. The van der Waals surface area contributed by atoms with Gasteiger partial charge in [0.05, 0.1) is 0 Å². The Morgan fingerprint density at radius 2 is 2.42 bits per heavy atom. The Labute approximate surface area is 73.4 Å². The van der Waals surface area contributed by atoms with Gasteiger partial charge in [-0.25, -0.2) is 0 Å². The van der Waals surface area contributed by atoms with Crippen LogP contribution in [0.4, 0.5) is 0 Å². The molecule has 3 nitrogen and oxygen atoms in total. The van der Waals surface area contributed by atoms with Crippen LogP contribution in [0.25, 0.3) is 0 Å². The quantitative estimate of drug-likeness (QED) is 0.688. The van der Waals surface area contributed by atoms with E-state index in [9.17, 15) is 9.90 Å². The predicted molar refractivity (Wildman–Crippen MR) is 46.5 cm³/mol. The number of rotatable bonds is 4. The third-order valence-corrected chi connectivity index (χ3v) is 2.29. The van der Waals surface area contributed by atoms with Crippen molar-refractivity contribution in [2.75, 3.05) is 6.54 Å². The van der Waals surface area contributed by atoms with Gasteiger partial charge in [0.25, 0.3) is 0 Å². The van der Waals surface area contributed by atoms with Gasteiger partial charge in [0.15, 0.2) is 0 Å². The highest BCUT2D eigenvalue weighted by Gasteiger charge is 2.25. The fraction of sp³-hybridized carbons (Fsp3) is 0.889. The zero-order chi connectivity index (χ0) is 8.97. The highest BCUT2D eigenvalue weighted by atomic mass is 16.3. The van der Waals surface area contributed by atoms with Crippen LogP contribution in [0.5, 0.6) is 0 Å². The van der Waals surface area contributed by atoms with Crippen molar-refractivity contribution in [1.29, 1.82) is 0 Å². The van der Waals surface area contributed by atoms with Crippen LogP contribution in [0.3, 0.4) is 0 Å². The number of amides is 1. The summed E-state index contributed by atoms with van der Waals surface area (Å²) in [5.74, 6) is 0.110. The third kappa shape index (κ3) is 2.21. The Balaban J connectivity index is 2.30. The normalized spacial score (nSPS) is 20.2. The smallest absolute Gasteiger partial charge is 0.224 e. The standard InChI is InChI=1S/C9H17NO2/c1-2-3-5-8(11)10-7-4-6-9(10)12/h8,11H,2-7H2,1H3. The highest BCUT2D eigenvalue weighted by Crippen LogP contribution is 2.15. The molecule has 1 unspecified atom stereocenters. The van der Waals surface area contributed by atoms with Crippen molar-refractivity contribution in [2.45, 2.75) is 45.3 Å². The van der Waals surface area contributed by atoms with Crippen LogP contribution >= 0.6 is 0 Å². The van der Waals surface area contributed by atoms with Gasteiger partial charge in [-0.3, -0.25) is 4.79 Å². The molecule has 1 saturated heterocycles. The van der Waals surface area contributed by atoms with E-state index in [1.807, 2.05) is 0 Å². The predicted octanol–water partition coefficient (Wildman–Crippen LogP) is 1.12. The third-order valence-electron chi connectivity index (χ3n) is 2.29. The molecular formula is C9H17NO2. The van der Waals surface area contributed by atoms with Crippen LogP contribution < -0.4 is 0 Å². The second-order valence-electron chi connectivity index (χ2n) is 3.31. The van der Waals surface area contributed by atoms with E-state index in [-0.39, 0.29) is 5.91 Å². The summed E-state index contributed by atoms with van der Waals surface area (Å²) in [6.45, 7) is 2.82. The first kappa shape index (κ1) is 9.52. The minimum atomic E-state index is -0.528. The molecule has 0 spiro atoms. The van der Waals surface area contributed by atoms with Crippen molar-refractivity contribution in [1.82, 2.24) is 4.90 Å². The highest BCUT2D eigenvalue weighted by molar-refractivity contribution is 5.78. The summed E-state index contributed by atoms with van der Waals surface area (Å²) in [5, 5.41) is 9.56. The monoisotopic (exact) mass is 171 g/mol. The van der Waals surface area contributed by atoms with E-state index in [4.69, 9.17) is 0 Å². The van der Waals surface area contributed by atoms with Crippen LogP contribution in [0.2, 0.25) is 0 Å². The maximum Gasteiger partial charge on any atom is 0.224 e. The number of likely N-dealkylation sites (tertiary alicyclic amines) is 1. The molecule has 0 saturated carbocycles. The number of aliphatic hydroxyl groups excluding tert-OH is 1. The zero-order valence-electron chi connectivity index (χ0n) is 7.62. The van der Waals surface area contributed by atoms with Crippen molar-refractivity contribution in [3.05, 3.63) is 0 Å². The van der Waals surface area contributed by atoms with Crippen LogP contribution in [0.1, 0.15) is 39.0 Å². The van der Waals surface area contributed by atoms with E-state index in [1.165, 1.54) is 0 Å². The Hall–Kier alpha value is -0.570. The van der Waals surface area contributed by atoms with Crippen LogP contribution in [0.15, 0.2) is 0 Å². The summed E-state index contributed by atoms with van der Waals surface area (Å²) in [7, 11) is 0. The molecule has 1 atom stereocenters. The fourth-order valence-electron chi connectivity index (χ4n) is 1.53. The minimum Gasteiger partial charge on any atom is -0.374 e. The van der Waals surface area contributed by atoms with E-state index < -0.39 is 6.23 Å². The number of carbonyl (C=O) groups excluding carboxylic acids is 1. The average Bonchev–Trinajstić information content (AvgIpc) is 2.47. The molecule has 1 rings (SSSR count). The molecule has 0 aliphatic carbocycles. The van der Waals surface area contributed by atoms with E-state index in [0.717, 1.165) is 32.2 Å². The lowest BCUT2D eigenvalue weighted by atomic mass is 10.2. The van der Waals surface area contributed by atoms with Gasteiger partial charge in [0, 0.05) is 13.0 Å². The number of hydrogen-bond acceptors (Lipinski definition) is 2. The number of hydrogen-bond donors (Lipinski definition) is 1. The molecule has 0 radical (unpaired) electrons. The average molecular weight is 171 g/mol. The maximum absolute atomic E-state index is 11.1. The van der Waals surface area contributed by atoms with Gasteiger partial charge < -0.3 is 10.0 Å². The van der Waals surface area contributed by atoms with Crippen molar-refractivity contribution in [3.63, 3.8) is 0 Å². The summed E-state index contributed by atoms with van der Waals surface area (Å²) in [6.07, 6.45) is 3.78. The van der Waals surface area contributed by atoms with Crippen molar-refractivity contribution < 1.29 is 9.90 Å². The Kier molecular flexibility index (Phi) is 3.53. The van der Waals surface area contributed by atoms with Crippen molar-refractivity contribution in [2.24, 2.45) is 0 Å². The Bertz CT molecular complexity index is 159. The second-order valence-corrected chi connectivity index (χ2v) is 3.31. The molecule has 1 heterocycles. The van der Waals surface area contributed by atoms with E-state index in [1.54, 1.807) is 4.90 Å². The Morgan fingerprint density at radius 1 is 1.67 bits per heavy atom. The van der Waals surface area contributed by atoms with Gasteiger partial charge in [-0.15, -0.1) is 0 Å². The van der Waals surface area contributed by atoms with Crippen LogP contribution in [0, 0.1) is 0 Å². The topological polar surface area (TPSA) is 40.5 Å². The molecule has 12 heavy (non-hydrogen) atoms. The van der Waals surface area contributed by atoms with Gasteiger partial charge >= 0.3 is 0 Å². The number of nitrogens with zero attached hydrogens (tertiary/aromatic N) is 1. The molecular weight excluding hydrogens is 154 g/mol. The maximum atomic E-state index is 11.1. The van der Waals surface area contributed by atoms with Gasteiger partial charge in [0.2, 0.25) is 5.91 Å². The lowest BCUT2D eigenvalue weighted by molar-refractivity contribution is -0.136. The molecule has 1 aliphatic rings. The second kappa shape index (κ2) is 4.45. The van der Waals surface area contributed by atoms with Crippen molar-refractivity contribution in [3.8, 4) is 0 Å². The summed E-state index contributed by atoms with van der Waals surface area (Å²) in [5.41, 5.74) is 0. The molecule has 3 heteroatoms. The summed E-state index contributed by atoms with van der Waals surface area (Å²) in [6, 6.07) is 0. The van der Waals surface area contributed by atoms with Crippen LogP contribution in [-0.2, 0) is 4.79 Å². The Morgan fingerprint density at radius 3 is 2.92 bits per heavy atom. The van der Waals surface area contributed by atoms with Crippen molar-refractivity contribution >= 4 is 5.91 Å². The number of aliphatic hydroxyl groups is 1.